The smallest absolute Gasteiger partial charge is 0.223 e. The first kappa shape index (κ1) is 9.98. The number of ether oxygens (including phenoxy) is 1. The van der Waals surface area contributed by atoms with Crippen LogP contribution in [0.3, 0.4) is 0 Å². The van der Waals surface area contributed by atoms with Crippen molar-refractivity contribution in [3.8, 4) is 0 Å². The third kappa shape index (κ3) is 2.42. The van der Waals surface area contributed by atoms with E-state index in [4.69, 9.17) is 10.5 Å². The molecule has 0 aromatic carbocycles. The van der Waals surface area contributed by atoms with Gasteiger partial charge in [0.05, 0.1) is 12.5 Å². The number of amides is 2. The van der Waals surface area contributed by atoms with Crippen LogP contribution in [0.2, 0.25) is 0 Å². The van der Waals surface area contributed by atoms with Gasteiger partial charge in [-0.15, -0.1) is 0 Å². The molecule has 1 aliphatic rings. The molecule has 74 valence electrons. The Kier molecular flexibility index (Phi) is 3.25. The molecule has 0 saturated carbocycles. The number of carbonyl (C=O) groups excluding carboxylic acids is 2. The maximum Gasteiger partial charge on any atom is 0.223 e. The Bertz CT molecular complexity index is 217. The zero-order valence-electron chi connectivity index (χ0n) is 7.66. The second-order valence-corrected chi connectivity index (χ2v) is 3.14. The summed E-state index contributed by atoms with van der Waals surface area (Å²) in [6.07, 6.45) is 0.249. The molecule has 0 aromatic heterocycles. The van der Waals surface area contributed by atoms with Crippen molar-refractivity contribution in [3.05, 3.63) is 0 Å². The number of likely N-dealkylation sites (tertiary alicyclic amines) is 1. The summed E-state index contributed by atoms with van der Waals surface area (Å²) in [6, 6.07) is 0. The van der Waals surface area contributed by atoms with Crippen molar-refractivity contribution in [1.82, 2.24) is 4.90 Å². The van der Waals surface area contributed by atoms with Crippen molar-refractivity contribution >= 4 is 11.8 Å². The second-order valence-electron chi connectivity index (χ2n) is 3.14. The first-order chi connectivity index (χ1) is 6.15. The van der Waals surface area contributed by atoms with Crippen molar-refractivity contribution < 1.29 is 14.3 Å². The molecule has 0 radical (unpaired) electrons. The SMILES string of the molecule is COCCN1C[C@H](C(N)=O)CC1=O. The van der Waals surface area contributed by atoms with Crippen LogP contribution in [0, 0.1) is 5.92 Å². The Balaban J connectivity index is 2.42. The monoisotopic (exact) mass is 186 g/mol. The second kappa shape index (κ2) is 4.23. The van der Waals surface area contributed by atoms with Crippen LogP contribution >= 0.6 is 0 Å². The Morgan fingerprint density at radius 3 is 2.92 bits per heavy atom. The standard InChI is InChI=1S/C8H14N2O3/c1-13-3-2-10-5-6(8(9)12)4-7(10)11/h6H,2-5H2,1H3,(H2,9,12)/t6-/m1/s1. The molecular weight excluding hydrogens is 172 g/mol. The molecule has 1 heterocycles. The van der Waals surface area contributed by atoms with Gasteiger partial charge in [-0.05, 0) is 0 Å². The number of nitrogens with two attached hydrogens (primary N) is 1. The normalized spacial score (nSPS) is 22.4. The van der Waals surface area contributed by atoms with Gasteiger partial charge >= 0.3 is 0 Å². The molecule has 1 fully saturated rings. The highest BCUT2D eigenvalue weighted by Gasteiger charge is 2.32. The molecule has 2 N–H and O–H groups in total. The van der Waals surface area contributed by atoms with E-state index < -0.39 is 5.91 Å². The summed E-state index contributed by atoms with van der Waals surface area (Å²) in [6.45, 7) is 1.48. The number of hydrogen-bond acceptors (Lipinski definition) is 3. The first-order valence-corrected chi connectivity index (χ1v) is 4.21. The zero-order valence-corrected chi connectivity index (χ0v) is 7.66. The summed E-state index contributed by atoms with van der Waals surface area (Å²) >= 11 is 0. The number of hydrogen-bond donors (Lipinski definition) is 1. The molecule has 13 heavy (non-hydrogen) atoms. The van der Waals surface area contributed by atoms with Crippen molar-refractivity contribution in [2.24, 2.45) is 11.7 Å². The molecule has 0 aliphatic carbocycles. The van der Waals surface area contributed by atoms with E-state index in [1.807, 2.05) is 0 Å². The van der Waals surface area contributed by atoms with Gasteiger partial charge in [-0.25, -0.2) is 0 Å². The lowest BCUT2D eigenvalue weighted by atomic mass is 10.1. The molecule has 5 heteroatoms. The van der Waals surface area contributed by atoms with Gasteiger partial charge in [0.25, 0.3) is 0 Å². The average Bonchev–Trinajstić information content (AvgIpc) is 2.44. The summed E-state index contributed by atoms with van der Waals surface area (Å²) in [5.41, 5.74) is 5.10. The number of carbonyl (C=O) groups is 2. The van der Waals surface area contributed by atoms with Crippen molar-refractivity contribution in [2.45, 2.75) is 6.42 Å². The van der Waals surface area contributed by atoms with Crippen LogP contribution in [0.5, 0.6) is 0 Å². The van der Waals surface area contributed by atoms with Gasteiger partial charge < -0.3 is 15.4 Å². The Morgan fingerprint density at radius 2 is 2.46 bits per heavy atom. The molecule has 1 atom stereocenters. The van der Waals surface area contributed by atoms with Crippen LogP contribution in [-0.2, 0) is 14.3 Å². The van der Waals surface area contributed by atoms with Gasteiger partial charge in [-0.2, -0.15) is 0 Å². The minimum absolute atomic E-state index is 0.0131. The molecule has 0 spiro atoms. The molecule has 0 bridgehead atoms. The van der Waals surface area contributed by atoms with Crippen molar-refractivity contribution in [3.63, 3.8) is 0 Å². The number of methoxy groups -OCH3 is 1. The highest BCUT2D eigenvalue weighted by Crippen LogP contribution is 2.16. The van der Waals surface area contributed by atoms with Crippen LogP contribution in [-0.4, -0.2) is 43.5 Å². The first-order valence-electron chi connectivity index (χ1n) is 4.21. The van der Waals surface area contributed by atoms with E-state index in [9.17, 15) is 9.59 Å². The fraction of sp³-hybridized carbons (Fsp3) is 0.750. The zero-order chi connectivity index (χ0) is 9.84. The topological polar surface area (TPSA) is 72.6 Å². The van der Waals surface area contributed by atoms with Gasteiger partial charge in [-0.1, -0.05) is 0 Å². The quantitative estimate of drug-likeness (QED) is 0.610. The summed E-state index contributed by atoms with van der Waals surface area (Å²) in [7, 11) is 1.58. The molecule has 1 aliphatic heterocycles. The van der Waals surface area contributed by atoms with E-state index in [-0.39, 0.29) is 18.2 Å². The Morgan fingerprint density at radius 1 is 1.77 bits per heavy atom. The van der Waals surface area contributed by atoms with Crippen LogP contribution in [0.4, 0.5) is 0 Å². The molecular formula is C8H14N2O3. The fourth-order valence-corrected chi connectivity index (χ4v) is 1.38. The minimum atomic E-state index is -0.395. The van der Waals surface area contributed by atoms with Crippen LogP contribution < -0.4 is 5.73 Å². The Labute approximate surface area is 76.8 Å². The van der Waals surface area contributed by atoms with Gasteiger partial charge in [0.1, 0.15) is 0 Å². The highest BCUT2D eigenvalue weighted by molar-refractivity contribution is 5.88. The van der Waals surface area contributed by atoms with Crippen molar-refractivity contribution in [1.29, 1.82) is 0 Å². The summed E-state index contributed by atoms with van der Waals surface area (Å²) < 4.78 is 4.84. The van der Waals surface area contributed by atoms with E-state index in [0.717, 1.165) is 0 Å². The van der Waals surface area contributed by atoms with Crippen LogP contribution in [0.25, 0.3) is 0 Å². The van der Waals surface area contributed by atoms with Gasteiger partial charge in [0.15, 0.2) is 0 Å². The highest BCUT2D eigenvalue weighted by atomic mass is 16.5. The van der Waals surface area contributed by atoms with E-state index in [1.54, 1.807) is 12.0 Å². The lowest BCUT2D eigenvalue weighted by molar-refractivity contribution is -0.128. The van der Waals surface area contributed by atoms with Gasteiger partial charge in [0.2, 0.25) is 11.8 Å². The number of primary amides is 1. The summed E-state index contributed by atoms with van der Waals surface area (Å²) in [4.78, 5) is 23.6. The third-order valence-corrected chi connectivity index (χ3v) is 2.18. The average molecular weight is 186 g/mol. The molecule has 1 rings (SSSR count). The molecule has 0 unspecified atom stereocenters. The van der Waals surface area contributed by atoms with E-state index in [2.05, 4.69) is 0 Å². The predicted molar refractivity (Wildman–Crippen MR) is 45.8 cm³/mol. The fourth-order valence-electron chi connectivity index (χ4n) is 1.38. The van der Waals surface area contributed by atoms with Gasteiger partial charge in [-0.3, -0.25) is 9.59 Å². The number of nitrogens with zero attached hydrogens (tertiary/aromatic N) is 1. The molecule has 2 amide bonds. The van der Waals surface area contributed by atoms with Gasteiger partial charge in [0, 0.05) is 26.6 Å². The molecule has 0 aromatic rings. The number of rotatable bonds is 4. The molecule has 5 nitrogen and oxygen atoms in total. The van der Waals surface area contributed by atoms with E-state index in [0.29, 0.717) is 19.7 Å². The maximum absolute atomic E-state index is 11.3. The predicted octanol–water partition coefficient (Wildman–Crippen LogP) is -1.03. The lowest BCUT2D eigenvalue weighted by Gasteiger charge is -2.14. The largest absolute Gasteiger partial charge is 0.383 e. The summed E-state index contributed by atoms with van der Waals surface area (Å²) in [5, 5.41) is 0. The van der Waals surface area contributed by atoms with Crippen LogP contribution in [0.15, 0.2) is 0 Å². The summed E-state index contributed by atoms with van der Waals surface area (Å²) in [5.74, 6) is -0.724. The van der Waals surface area contributed by atoms with E-state index in [1.165, 1.54) is 0 Å². The van der Waals surface area contributed by atoms with Crippen molar-refractivity contribution in [2.75, 3.05) is 26.8 Å². The maximum atomic E-state index is 11.3. The lowest BCUT2D eigenvalue weighted by Crippen LogP contribution is -2.31. The Hall–Kier alpha value is -1.10. The minimum Gasteiger partial charge on any atom is -0.383 e. The molecule has 1 saturated heterocycles. The third-order valence-electron chi connectivity index (χ3n) is 2.18. The van der Waals surface area contributed by atoms with E-state index >= 15 is 0 Å². The van der Waals surface area contributed by atoms with Crippen LogP contribution in [0.1, 0.15) is 6.42 Å².